The molecular weight excluding hydrogens is 240 g/mol. The van der Waals surface area contributed by atoms with Gasteiger partial charge in [-0.3, -0.25) is 4.79 Å². The summed E-state index contributed by atoms with van der Waals surface area (Å²) in [7, 11) is 0. The standard InChI is InChI=1S/C15H16N2O2/c1-10(15(18)19)11-3-2-4-12(7-11)14-8-16-9-17(14)13-5-6-13/h2-4,7-10,13H,5-6H2,1H3,(H,18,19). The molecule has 1 saturated carbocycles. The van der Waals surface area contributed by atoms with E-state index in [4.69, 9.17) is 5.11 Å². The predicted molar refractivity (Wildman–Crippen MR) is 72.0 cm³/mol. The van der Waals surface area contributed by atoms with Gasteiger partial charge in [0.15, 0.2) is 0 Å². The van der Waals surface area contributed by atoms with E-state index in [0.29, 0.717) is 6.04 Å². The van der Waals surface area contributed by atoms with Crippen molar-refractivity contribution in [2.45, 2.75) is 31.7 Å². The summed E-state index contributed by atoms with van der Waals surface area (Å²) in [5.41, 5.74) is 2.94. The number of hydrogen-bond donors (Lipinski definition) is 1. The second-order valence-electron chi connectivity index (χ2n) is 5.10. The fourth-order valence-corrected chi connectivity index (χ4v) is 2.28. The number of carboxylic acid groups (broad SMARTS) is 1. The SMILES string of the molecule is CC(C(=O)O)c1cccc(-c2cncn2C2CC2)c1. The largest absolute Gasteiger partial charge is 0.481 e. The summed E-state index contributed by atoms with van der Waals surface area (Å²) in [5.74, 6) is -1.29. The Labute approximate surface area is 111 Å². The van der Waals surface area contributed by atoms with Crippen molar-refractivity contribution >= 4 is 5.97 Å². The number of nitrogens with zero attached hydrogens (tertiary/aromatic N) is 2. The average molecular weight is 256 g/mol. The van der Waals surface area contributed by atoms with Crippen LogP contribution >= 0.6 is 0 Å². The van der Waals surface area contributed by atoms with E-state index in [1.54, 1.807) is 6.92 Å². The number of hydrogen-bond acceptors (Lipinski definition) is 2. The van der Waals surface area contributed by atoms with Gasteiger partial charge in [0.25, 0.3) is 0 Å². The first-order chi connectivity index (χ1) is 9.16. The van der Waals surface area contributed by atoms with E-state index >= 15 is 0 Å². The van der Waals surface area contributed by atoms with Crippen molar-refractivity contribution in [3.05, 3.63) is 42.4 Å². The van der Waals surface area contributed by atoms with Crippen molar-refractivity contribution in [3.8, 4) is 11.3 Å². The number of carbonyl (C=O) groups is 1. The van der Waals surface area contributed by atoms with E-state index in [1.807, 2.05) is 36.8 Å². The summed E-state index contributed by atoms with van der Waals surface area (Å²) < 4.78 is 2.19. The highest BCUT2D eigenvalue weighted by atomic mass is 16.4. The number of rotatable bonds is 4. The molecule has 4 heteroatoms. The molecule has 0 bridgehead atoms. The van der Waals surface area contributed by atoms with Gasteiger partial charge in [0.2, 0.25) is 0 Å². The van der Waals surface area contributed by atoms with Crippen LogP contribution in [0.1, 0.15) is 37.3 Å². The lowest BCUT2D eigenvalue weighted by atomic mass is 9.98. The van der Waals surface area contributed by atoms with Crippen LogP contribution in [0, 0.1) is 0 Å². The zero-order valence-electron chi connectivity index (χ0n) is 10.8. The Kier molecular flexibility index (Phi) is 2.85. The maximum atomic E-state index is 11.1. The third-order valence-electron chi connectivity index (χ3n) is 3.66. The molecule has 1 unspecified atom stereocenters. The Morgan fingerprint density at radius 1 is 1.47 bits per heavy atom. The Morgan fingerprint density at radius 3 is 2.95 bits per heavy atom. The van der Waals surface area contributed by atoms with E-state index in [2.05, 4.69) is 9.55 Å². The molecule has 1 fully saturated rings. The van der Waals surface area contributed by atoms with Crippen molar-refractivity contribution in [3.63, 3.8) is 0 Å². The van der Waals surface area contributed by atoms with Gasteiger partial charge in [-0.25, -0.2) is 4.98 Å². The lowest BCUT2D eigenvalue weighted by Gasteiger charge is -2.10. The fourth-order valence-electron chi connectivity index (χ4n) is 2.28. The van der Waals surface area contributed by atoms with Crippen molar-refractivity contribution in [1.82, 2.24) is 9.55 Å². The van der Waals surface area contributed by atoms with Gasteiger partial charge in [0.05, 0.1) is 24.1 Å². The summed E-state index contributed by atoms with van der Waals surface area (Å²) >= 11 is 0. The van der Waals surface area contributed by atoms with Gasteiger partial charge in [0, 0.05) is 11.6 Å². The van der Waals surface area contributed by atoms with E-state index in [9.17, 15) is 4.79 Å². The molecule has 98 valence electrons. The van der Waals surface area contributed by atoms with Gasteiger partial charge < -0.3 is 9.67 Å². The van der Waals surface area contributed by atoms with Crippen molar-refractivity contribution in [2.24, 2.45) is 0 Å². The van der Waals surface area contributed by atoms with Gasteiger partial charge in [-0.2, -0.15) is 0 Å². The van der Waals surface area contributed by atoms with Crippen LogP contribution < -0.4 is 0 Å². The van der Waals surface area contributed by atoms with Crippen molar-refractivity contribution in [2.75, 3.05) is 0 Å². The number of carboxylic acids is 1. The molecule has 3 rings (SSSR count). The Balaban J connectivity index is 1.98. The van der Waals surface area contributed by atoms with Gasteiger partial charge in [0.1, 0.15) is 0 Å². The quantitative estimate of drug-likeness (QED) is 0.914. The summed E-state index contributed by atoms with van der Waals surface area (Å²) in [6.07, 6.45) is 6.12. The smallest absolute Gasteiger partial charge is 0.310 e. The molecule has 1 aromatic heterocycles. The zero-order valence-corrected chi connectivity index (χ0v) is 10.8. The summed E-state index contributed by atoms with van der Waals surface area (Å²) in [5, 5.41) is 9.09. The normalized spacial score (nSPS) is 16.3. The van der Waals surface area contributed by atoms with Gasteiger partial charge in [-0.05, 0) is 31.4 Å². The topological polar surface area (TPSA) is 55.1 Å². The lowest BCUT2D eigenvalue weighted by molar-refractivity contribution is -0.138. The van der Waals surface area contributed by atoms with E-state index in [0.717, 1.165) is 16.8 Å². The second kappa shape index (κ2) is 4.53. The number of benzene rings is 1. The second-order valence-corrected chi connectivity index (χ2v) is 5.10. The Hall–Kier alpha value is -2.10. The predicted octanol–water partition coefficient (Wildman–Crippen LogP) is 3.07. The molecule has 1 aliphatic carbocycles. The Morgan fingerprint density at radius 2 is 2.26 bits per heavy atom. The first-order valence-corrected chi connectivity index (χ1v) is 6.52. The maximum Gasteiger partial charge on any atom is 0.310 e. The highest BCUT2D eigenvalue weighted by Crippen LogP contribution is 2.38. The molecule has 1 aliphatic rings. The van der Waals surface area contributed by atoms with E-state index < -0.39 is 11.9 Å². The summed E-state index contributed by atoms with van der Waals surface area (Å²) in [6, 6.07) is 8.30. The van der Waals surface area contributed by atoms with Crippen LogP contribution in [0.3, 0.4) is 0 Å². The average Bonchev–Trinajstić information content (AvgIpc) is 3.15. The van der Waals surface area contributed by atoms with E-state index in [-0.39, 0.29) is 0 Å². The molecule has 19 heavy (non-hydrogen) atoms. The molecule has 4 nitrogen and oxygen atoms in total. The zero-order chi connectivity index (χ0) is 13.4. The lowest BCUT2D eigenvalue weighted by Crippen LogP contribution is -2.07. The molecule has 0 aliphatic heterocycles. The van der Waals surface area contributed by atoms with Crippen LogP contribution in [0.5, 0.6) is 0 Å². The monoisotopic (exact) mass is 256 g/mol. The Bertz CT molecular complexity index is 614. The molecule has 1 heterocycles. The molecule has 0 amide bonds. The van der Waals surface area contributed by atoms with Crippen molar-refractivity contribution < 1.29 is 9.90 Å². The van der Waals surface area contributed by atoms with Crippen LogP contribution in [0.2, 0.25) is 0 Å². The number of aromatic nitrogens is 2. The molecule has 0 saturated heterocycles. The summed E-state index contributed by atoms with van der Waals surface area (Å²) in [4.78, 5) is 15.3. The maximum absolute atomic E-state index is 11.1. The third-order valence-corrected chi connectivity index (χ3v) is 3.66. The number of imidazole rings is 1. The molecular formula is C15H16N2O2. The first kappa shape index (κ1) is 12.0. The van der Waals surface area contributed by atoms with Crippen LogP contribution in [0.25, 0.3) is 11.3 Å². The van der Waals surface area contributed by atoms with Crippen LogP contribution in [-0.2, 0) is 4.79 Å². The highest BCUT2D eigenvalue weighted by molar-refractivity contribution is 5.76. The fraction of sp³-hybridized carbons (Fsp3) is 0.333. The van der Waals surface area contributed by atoms with Gasteiger partial charge >= 0.3 is 5.97 Å². The molecule has 0 radical (unpaired) electrons. The third kappa shape index (κ3) is 2.26. The van der Waals surface area contributed by atoms with Crippen LogP contribution in [0.4, 0.5) is 0 Å². The number of aliphatic carboxylic acids is 1. The molecule has 1 aromatic carbocycles. The summed E-state index contributed by atoms with van der Waals surface area (Å²) in [6.45, 7) is 1.71. The van der Waals surface area contributed by atoms with E-state index in [1.165, 1.54) is 12.8 Å². The highest BCUT2D eigenvalue weighted by Gasteiger charge is 2.25. The molecule has 0 spiro atoms. The molecule has 2 aromatic rings. The molecule has 1 N–H and O–H groups in total. The van der Waals surface area contributed by atoms with Gasteiger partial charge in [-0.15, -0.1) is 0 Å². The molecule has 1 atom stereocenters. The van der Waals surface area contributed by atoms with Crippen LogP contribution in [0.15, 0.2) is 36.8 Å². The minimum atomic E-state index is -0.798. The van der Waals surface area contributed by atoms with Crippen LogP contribution in [-0.4, -0.2) is 20.6 Å². The first-order valence-electron chi connectivity index (χ1n) is 6.52. The van der Waals surface area contributed by atoms with Gasteiger partial charge in [-0.1, -0.05) is 18.2 Å². The minimum absolute atomic E-state index is 0.489. The van der Waals surface area contributed by atoms with Crippen molar-refractivity contribution in [1.29, 1.82) is 0 Å². The minimum Gasteiger partial charge on any atom is -0.481 e.